The first kappa shape index (κ1) is 16.0. The van der Waals surface area contributed by atoms with Crippen LogP contribution in [0.25, 0.3) is 11.1 Å². The van der Waals surface area contributed by atoms with E-state index in [0.717, 1.165) is 36.1 Å². The Labute approximate surface area is 146 Å². The fourth-order valence-corrected chi connectivity index (χ4v) is 3.39. The van der Waals surface area contributed by atoms with Gasteiger partial charge in [0.15, 0.2) is 5.58 Å². The molecule has 1 amide bonds. The van der Waals surface area contributed by atoms with Gasteiger partial charge in [0.2, 0.25) is 0 Å². The topological polar surface area (TPSA) is 56.4 Å². The van der Waals surface area contributed by atoms with E-state index in [-0.39, 0.29) is 12.0 Å². The largest absolute Gasteiger partial charge is 0.463 e. The van der Waals surface area contributed by atoms with Gasteiger partial charge >= 0.3 is 0 Å². The first-order chi connectivity index (χ1) is 12.3. The van der Waals surface area contributed by atoms with Crippen LogP contribution in [0.4, 0.5) is 0 Å². The second-order valence-electron chi connectivity index (χ2n) is 6.47. The predicted molar refractivity (Wildman–Crippen MR) is 95.4 cm³/mol. The minimum absolute atomic E-state index is 0.0916. The molecular formula is C20H22N2O3. The fraction of sp³-hybridized carbons (Fsp3) is 0.350. The number of aromatic nitrogens is 1. The normalized spacial score (nSPS) is 17.7. The summed E-state index contributed by atoms with van der Waals surface area (Å²) < 4.78 is 13.4. The van der Waals surface area contributed by atoms with Crippen molar-refractivity contribution < 1.29 is 13.9 Å². The Bertz CT molecular complexity index is 844. The van der Waals surface area contributed by atoms with Crippen molar-refractivity contribution in [1.29, 1.82) is 0 Å². The third-order valence-corrected chi connectivity index (χ3v) is 4.71. The van der Waals surface area contributed by atoms with Crippen molar-refractivity contribution in [2.24, 2.45) is 0 Å². The molecule has 1 unspecified atom stereocenters. The van der Waals surface area contributed by atoms with Crippen molar-refractivity contribution in [2.75, 3.05) is 6.61 Å². The first-order valence-corrected chi connectivity index (χ1v) is 8.82. The van der Waals surface area contributed by atoms with Crippen molar-refractivity contribution in [3.05, 3.63) is 60.0 Å². The van der Waals surface area contributed by atoms with E-state index in [9.17, 15) is 4.79 Å². The SMILES string of the molecule is O=C(NCc1ccccc1)c1cc2occc2n1CC1CCCCO1. The van der Waals surface area contributed by atoms with Crippen LogP contribution in [0.3, 0.4) is 0 Å². The fourth-order valence-electron chi connectivity index (χ4n) is 3.39. The molecule has 0 aliphatic carbocycles. The molecule has 5 heteroatoms. The molecule has 3 heterocycles. The average molecular weight is 338 g/mol. The van der Waals surface area contributed by atoms with Crippen LogP contribution in [0.15, 0.2) is 53.1 Å². The number of amides is 1. The van der Waals surface area contributed by atoms with Crippen molar-refractivity contribution in [3.63, 3.8) is 0 Å². The lowest BCUT2D eigenvalue weighted by molar-refractivity contribution is 0.00637. The second-order valence-corrected chi connectivity index (χ2v) is 6.47. The number of hydrogen-bond acceptors (Lipinski definition) is 3. The number of benzene rings is 1. The molecule has 3 aromatic rings. The Morgan fingerprint density at radius 3 is 2.88 bits per heavy atom. The summed E-state index contributed by atoms with van der Waals surface area (Å²) in [4.78, 5) is 12.7. The maximum Gasteiger partial charge on any atom is 0.268 e. The summed E-state index contributed by atoms with van der Waals surface area (Å²) in [6.07, 6.45) is 5.14. The zero-order chi connectivity index (χ0) is 17.1. The second kappa shape index (κ2) is 7.15. The highest BCUT2D eigenvalue weighted by Crippen LogP contribution is 2.24. The molecule has 0 radical (unpaired) electrons. The van der Waals surface area contributed by atoms with Crippen molar-refractivity contribution >= 4 is 17.0 Å². The lowest BCUT2D eigenvalue weighted by Gasteiger charge is -2.24. The lowest BCUT2D eigenvalue weighted by Crippen LogP contribution is -2.29. The molecular weight excluding hydrogens is 316 g/mol. The highest BCUT2D eigenvalue weighted by Gasteiger charge is 2.21. The summed E-state index contributed by atoms with van der Waals surface area (Å²) in [5, 5.41) is 3.00. The number of carbonyl (C=O) groups excluding carboxylic acids is 1. The molecule has 4 rings (SSSR count). The van der Waals surface area contributed by atoms with Crippen LogP contribution in [-0.2, 0) is 17.8 Å². The summed E-state index contributed by atoms with van der Waals surface area (Å²) in [5.74, 6) is -0.0916. The van der Waals surface area contributed by atoms with Crippen LogP contribution in [0.1, 0.15) is 35.3 Å². The Balaban J connectivity index is 1.54. The summed E-state index contributed by atoms with van der Waals surface area (Å²) in [6.45, 7) is 1.99. The van der Waals surface area contributed by atoms with E-state index in [1.54, 1.807) is 6.26 Å². The molecule has 1 aliphatic rings. The van der Waals surface area contributed by atoms with Gasteiger partial charge in [-0.15, -0.1) is 0 Å². The zero-order valence-corrected chi connectivity index (χ0v) is 14.1. The molecule has 130 valence electrons. The van der Waals surface area contributed by atoms with Gasteiger partial charge in [-0.05, 0) is 24.8 Å². The smallest absolute Gasteiger partial charge is 0.268 e. The molecule has 1 saturated heterocycles. The molecule has 25 heavy (non-hydrogen) atoms. The molecule has 0 spiro atoms. The molecule has 2 aromatic heterocycles. The van der Waals surface area contributed by atoms with Crippen molar-refractivity contribution in [2.45, 2.75) is 38.5 Å². The lowest BCUT2D eigenvalue weighted by atomic mass is 10.1. The van der Waals surface area contributed by atoms with E-state index in [1.165, 1.54) is 6.42 Å². The van der Waals surface area contributed by atoms with E-state index in [2.05, 4.69) is 5.32 Å². The molecule has 1 atom stereocenters. The van der Waals surface area contributed by atoms with Crippen LogP contribution in [0.2, 0.25) is 0 Å². The molecule has 5 nitrogen and oxygen atoms in total. The van der Waals surface area contributed by atoms with E-state index in [1.807, 2.05) is 47.0 Å². The van der Waals surface area contributed by atoms with Crippen LogP contribution in [0, 0.1) is 0 Å². The van der Waals surface area contributed by atoms with Crippen LogP contribution >= 0.6 is 0 Å². The van der Waals surface area contributed by atoms with E-state index in [4.69, 9.17) is 9.15 Å². The Morgan fingerprint density at radius 1 is 1.20 bits per heavy atom. The Morgan fingerprint density at radius 2 is 2.08 bits per heavy atom. The average Bonchev–Trinajstić information content (AvgIpc) is 3.24. The van der Waals surface area contributed by atoms with Crippen LogP contribution < -0.4 is 5.32 Å². The third-order valence-electron chi connectivity index (χ3n) is 4.71. The van der Waals surface area contributed by atoms with Crippen molar-refractivity contribution in [1.82, 2.24) is 9.88 Å². The van der Waals surface area contributed by atoms with Gasteiger partial charge in [0.05, 0.1) is 17.9 Å². The van der Waals surface area contributed by atoms with Gasteiger partial charge < -0.3 is 19.0 Å². The summed E-state index contributed by atoms with van der Waals surface area (Å²) in [5.41, 5.74) is 3.38. The molecule has 1 aromatic carbocycles. The minimum atomic E-state index is -0.0916. The van der Waals surface area contributed by atoms with Gasteiger partial charge in [-0.3, -0.25) is 4.79 Å². The van der Waals surface area contributed by atoms with E-state index < -0.39 is 0 Å². The number of carbonyl (C=O) groups is 1. The monoisotopic (exact) mass is 338 g/mol. The van der Waals surface area contributed by atoms with Gasteiger partial charge in [-0.25, -0.2) is 0 Å². The molecule has 1 aliphatic heterocycles. The van der Waals surface area contributed by atoms with Crippen LogP contribution in [0.5, 0.6) is 0 Å². The van der Waals surface area contributed by atoms with Gasteiger partial charge in [0.25, 0.3) is 5.91 Å². The Kier molecular flexibility index (Phi) is 4.57. The number of ether oxygens (including phenoxy) is 1. The van der Waals surface area contributed by atoms with E-state index >= 15 is 0 Å². The van der Waals surface area contributed by atoms with Gasteiger partial charge in [0.1, 0.15) is 5.69 Å². The van der Waals surface area contributed by atoms with Gasteiger partial charge in [-0.2, -0.15) is 0 Å². The first-order valence-electron chi connectivity index (χ1n) is 8.82. The van der Waals surface area contributed by atoms with Gasteiger partial charge in [-0.1, -0.05) is 30.3 Å². The zero-order valence-electron chi connectivity index (χ0n) is 14.1. The quantitative estimate of drug-likeness (QED) is 0.771. The standard InChI is InChI=1S/C20H22N2O3/c23-20(21-13-15-6-2-1-3-7-15)18-12-19-17(9-11-25-19)22(18)14-16-8-4-5-10-24-16/h1-3,6-7,9,11-12,16H,4-5,8,10,13-14H2,(H,21,23). The summed E-state index contributed by atoms with van der Waals surface area (Å²) >= 11 is 0. The maximum atomic E-state index is 12.7. The highest BCUT2D eigenvalue weighted by atomic mass is 16.5. The van der Waals surface area contributed by atoms with Gasteiger partial charge in [0, 0.05) is 31.8 Å². The molecule has 1 N–H and O–H groups in total. The number of fused-ring (bicyclic) bond motifs is 1. The van der Waals surface area contributed by atoms with Crippen LogP contribution in [-0.4, -0.2) is 23.2 Å². The maximum absolute atomic E-state index is 12.7. The Hall–Kier alpha value is -2.53. The van der Waals surface area contributed by atoms with E-state index in [0.29, 0.717) is 18.8 Å². The number of rotatable bonds is 5. The number of nitrogens with zero attached hydrogens (tertiary/aromatic N) is 1. The highest BCUT2D eigenvalue weighted by molar-refractivity contribution is 5.97. The third kappa shape index (κ3) is 3.46. The molecule has 0 saturated carbocycles. The minimum Gasteiger partial charge on any atom is -0.463 e. The number of nitrogens with one attached hydrogen (secondary N) is 1. The number of furan rings is 1. The summed E-state index contributed by atoms with van der Waals surface area (Å²) in [6, 6.07) is 13.6. The molecule has 1 fully saturated rings. The predicted octanol–water partition coefficient (Wildman–Crippen LogP) is 3.73. The van der Waals surface area contributed by atoms with Crippen molar-refractivity contribution in [3.8, 4) is 0 Å². The summed E-state index contributed by atoms with van der Waals surface area (Å²) in [7, 11) is 0. The number of hydrogen-bond donors (Lipinski definition) is 1. The molecule has 0 bridgehead atoms.